The van der Waals surface area contributed by atoms with Crippen molar-refractivity contribution in [2.24, 2.45) is 4.99 Å². The van der Waals surface area contributed by atoms with Gasteiger partial charge in [-0.05, 0) is 44.0 Å². The Morgan fingerprint density at radius 3 is 2.48 bits per heavy atom. The van der Waals surface area contributed by atoms with E-state index in [4.69, 9.17) is 4.52 Å². The number of hydrogen-bond donors (Lipinski definition) is 2. The SMILES string of the molecule is CCNC(=NCc1ccc(CN2CCCCC2)cc1)NCc1ccon1.I. The van der Waals surface area contributed by atoms with Gasteiger partial charge in [-0.3, -0.25) is 4.90 Å². The highest BCUT2D eigenvalue weighted by molar-refractivity contribution is 14.0. The van der Waals surface area contributed by atoms with Gasteiger partial charge in [0.15, 0.2) is 5.96 Å². The summed E-state index contributed by atoms with van der Waals surface area (Å²) in [5.41, 5.74) is 3.46. The maximum Gasteiger partial charge on any atom is 0.191 e. The van der Waals surface area contributed by atoms with Crippen LogP contribution in [0.5, 0.6) is 0 Å². The Kier molecular flexibility index (Phi) is 9.61. The molecule has 1 aromatic carbocycles. The largest absolute Gasteiger partial charge is 0.364 e. The van der Waals surface area contributed by atoms with E-state index in [0.29, 0.717) is 13.1 Å². The highest BCUT2D eigenvalue weighted by atomic mass is 127. The maximum atomic E-state index is 4.85. The van der Waals surface area contributed by atoms with Gasteiger partial charge < -0.3 is 15.2 Å². The summed E-state index contributed by atoms with van der Waals surface area (Å²) >= 11 is 0. The Morgan fingerprint density at radius 1 is 1.07 bits per heavy atom. The smallest absolute Gasteiger partial charge is 0.191 e. The molecular weight excluding hydrogens is 453 g/mol. The second kappa shape index (κ2) is 12.0. The Bertz CT molecular complexity index is 666. The van der Waals surface area contributed by atoms with Crippen LogP contribution in [0.4, 0.5) is 0 Å². The van der Waals surface area contributed by atoms with E-state index in [9.17, 15) is 0 Å². The lowest BCUT2D eigenvalue weighted by molar-refractivity contribution is 0.221. The molecule has 0 amide bonds. The van der Waals surface area contributed by atoms with Crippen LogP contribution in [-0.2, 0) is 19.6 Å². The van der Waals surface area contributed by atoms with Crippen LogP contribution < -0.4 is 10.6 Å². The molecule has 7 heteroatoms. The molecule has 27 heavy (non-hydrogen) atoms. The average Bonchev–Trinajstić information content (AvgIpc) is 3.20. The van der Waals surface area contributed by atoms with E-state index in [0.717, 1.165) is 24.7 Å². The second-order valence-electron chi connectivity index (χ2n) is 6.69. The van der Waals surface area contributed by atoms with Gasteiger partial charge >= 0.3 is 0 Å². The minimum Gasteiger partial charge on any atom is -0.364 e. The summed E-state index contributed by atoms with van der Waals surface area (Å²) in [6.07, 6.45) is 5.63. The van der Waals surface area contributed by atoms with Gasteiger partial charge in [-0.1, -0.05) is 35.8 Å². The average molecular weight is 483 g/mol. The zero-order valence-corrected chi connectivity index (χ0v) is 18.3. The van der Waals surface area contributed by atoms with Crippen molar-refractivity contribution in [3.63, 3.8) is 0 Å². The van der Waals surface area contributed by atoms with Crippen molar-refractivity contribution in [1.29, 1.82) is 0 Å². The van der Waals surface area contributed by atoms with E-state index in [1.165, 1.54) is 43.5 Å². The van der Waals surface area contributed by atoms with Crippen LogP contribution >= 0.6 is 24.0 Å². The van der Waals surface area contributed by atoms with Crippen LogP contribution in [0.25, 0.3) is 0 Å². The predicted molar refractivity (Wildman–Crippen MR) is 119 cm³/mol. The van der Waals surface area contributed by atoms with E-state index in [2.05, 4.69) is 56.9 Å². The normalized spacial score (nSPS) is 15.2. The summed E-state index contributed by atoms with van der Waals surface area (Å²) < 4.78 is 4.85. The van der Waals surface area contributed by atoms with Crippen molar-refractivity contribution in [2.45, 2.75) is 45.8 Å². The van der Waals surface area contributed by atoms with E-state index in [-0.39, 0.29) is 24.0 Å². The van der Waals surface area contributed by atoms with Crippen LogP contribution in [0, 0.1) is 0 Å². The van der Waals surface area contributed by atoms with E-state index < -0.39 is 0 Å². The molecular formula is C20H30IN5O. The first-order valence-corrected chi connectivity index (χ1v) is 9.55. The van der Waals surface area contributed by atoms with Crippen LogP contribution in [0.15, 0.2) is 46.1 Å². The third-order valence-electron chi connectivity index (χ3n) is 4.57. The Hall–Kier alpha value is -1.61. The fourth-order valence-electron chi connectivity index (χ4n) is 3.14. The Labute approximate surface area is 178 Å². The zero-order valence-electron chi connectivity index (χ0n) is 16.0. The van der Waals surface area contributed by atoms with Crippen molar-refractivity contribution in [1.82, 2.24) is 20.7 Å². The monoisotopic (exact) mass is 483 g/mol. The lowest BCUT2D eigenvalue weighted by Crippen LogP contribution is -2.36. The van der Waals surface area contributed by atoms with Gasteiger partial charge in [0, 0.05) is 19.2 Å². The van der Waals surface area contributed by atoms with Gasteiger partial charge in [-0.2, -0.15) is 0 Å². The van der Waals surface area contributed by atoms with E-state index in [1.807, 2.05) is 6.07 Å². The molecule has 0 spiro atoms. The second-order valence-corrected chi connectivity index (χ2v) is 6.69. The number of rotatable bonds is 7. The van der Waals surface area contributed by atoms with Crippen molar-refractivity contribution >= 4 is 29.9 Å². The molecule has 1 saturated heterocycles. The molecule has 2 aromatic rings. The van der Waals surface area contributed by atoms with Gasteiger partial charge in [0.2, 0.25) is 0 Å². The van der Waals surface area contributed by atoms with Crippen molar-refractivity contribution in [3.8, 4) is 0 Å². The predicted octanol–water partition coefficient (Wildman–Crippen LogP) is 3.53. The molecule has 6 nitrogen and oxygen atoms in total. The summed E-state index contributed by atoms with van der Waals surface area (Å²) in [6, 6.07) is 10.7. The number of nitrogens with zero attached hydrogens (tertiary/aromatic N) is 3. The molecule has 0 atom stereocenters. The Balaban J connectivity index is 0.00000261. The first kappa shape index (κ1) is 21.7. The topological polar surface area (TPSA) is 65.7 Å². The summed E-state index contributed by atoms with van der Waals surface area (Å²) in [5.74, 6) is 0.785. The summed E-state index contributed by atoms with van der Waals surface area (Å²) in [5, 5.41) is 10.4. The molecule has 1 aliphatic rings. The molecule has 3 rings (SSSR count). The van der Waals surface area contributed by atoms with E-state index in [1.54, 1.807) is 6.26 Å². The van der Waals surface area contributed by atoms with Gasteiger partial charge in [0.1, 0.15) is 12.0 Å². The molecule has 0 bridgehead atoms. The molecule has 0 saturated carbocycles. The van der Waals surface area contributed by atoms with Crippen molar-refractivity contribution < 1.29 is 4.52 Å². The molecule has 2 heterocycles. The molecule has 1 fully saturated rings. The number of piperidine rings is 1. The van der Waals surface area contributed by atoms with Crippen molar-refractivity contribution in [3.05, 3.63) is 53.4 Å². The molecule has 1 aliphatic heterocycles. The molecule has 2 N–H and O–H groups in total. The standard InChI is InChI=1S/C20H29N5O.HI/c1-2-21-20(23-15-19-10-13-26-24-19)22-14-17-6-8-18(9-7-17)16-25-11-4-3-5-12-25;/h6-10,13H,2-5,11-12,14-16H2,1H3,(H2,21,22,23);1H. The minimum atomic E-state index is 0. The summed E-state index contributed by atoms with van der Waals surface area (Å²) in [7, 11) is 0. The summed E-state index contributed by atoms with van der Waals surface area (Å²) in [6.45, 7) is 7.65. The number of nitrogens with one attached hydrogen (secondary N) is 2. The summed E-state index contributed by atoms with van der Waals surface area (Å²) in [4.78, 5) is 7.20. The van der Waals surface area contributed by atoms with Crippen LogP contribution in [0.2, 0.25) is 0 Å². The Morgan fingerprint density at radius 2 is 1.81 bits per heavy atom. The third kappa shape index (κ3) is 7.50. The number of aromatic nitrogens is 1. The number of benzene rings is 1. The third-order valence-corrected chi connectivity index (χ3v) is 4.57. The maximum absolute atomic E-state index is 4.85. The zero-order chi connectivity index (χ0) is 18.0. The lowest BCUT2D eigenvalue weighted by Gasteiger charge is -2.26. The van der Waals surface area contributed by atoms with Gasteiger partial charge in [-0.15, -0.1) is 24.0 Å². The molecule has 0 aliphatic carbocycles. The highest BCUT2D eigenvalue weighted by Crippen LogP contribution is 2.14. The first-order valence-electron chi connectivity index (χ1n) is 9.55. The van der Waals surface area contributed by atoms with Gasteiger partial charge in [-0.25, -0.2) is 4.99 Å². The van der Waals surface area contributed by atoms with Gasteiger partial charge in [0.25, 0.3) is 0 Å². The van der Waals surface area contributed by atoms with Gasteiger partial charge in [0.05, 0.1) is 13.1 Å². The fourth-order valence-corrected chi connectivity index (χ4v) is 3.14. The number of likely N-dealkylation sites (tertiary alicyclic amines) is 1. The quantitative estimate of drug-likeness (QED) is 0.359. The molecule has 0 unspecified atom stereocenters. The van der Waals surface area contributed by atoms with Crippen molar-refractivity contribution in [2.75, 3.05) is 19.6 Å². The van der Waals surface area contributed by atoms with Crippen LogP contribution in [0.3, 0.4) is 0 Å². The lowest BCUT2D eigenvalue weighted by atomic mass is 10.1. The first-order chi connectivity index (χ1) is 12.8. The highest BCUT2D eigenvalue weighted by Gasteiger charge is 2.10. The van der Waals surface area contributed by atoms with Crippen LogP contribution in [0.1, 0.15) is 43.0 Å². The fraction of sp³-hybridized carbons (Fsp3) is 0.500. The molecule has 148 valence electrons. The minimum absolute atomic E-state index is 0. The number of hydrogen-bond acceptors (Lipinski definition) is 4. The number of halogens is 1. The molecule has 0 radical (unpaired) electrons. The van der Waals surface area contributed by atoms with Crippen LogP contribution in [-0.4, -0.2) is 35.7 Å². The number of aliphatic imine (C=N–C) groups is 1. The van der Waals surface area contributed by atoms with E-state index >= 15 is 0 Å². The number of guanidine groups is 1. The molecule has 1 aromatic heterocycles.